The summed E-state index contributed by atoms with van der Waals surface area (Å²) in [7, 11) is 0. The molecule has 0 saturated carbocycles. The van der Waals surface area contributed by atoms with E-state index in [1.54, 1.807) is 0 Å². The second kappa shape index (κ2) is 11.4. The number of furan rings is 1. The maximum atomic E-state index is 10.3. The van der Waals surface area contributed by atoms with Crippen LogP contribution in [0.1, 0.15) is 34.9 Å². The zero-order chi connectivity index (χ0) is 33.1. The Kier molecular flexibility index (Phi) is 6.74. The summed E-state index contributed by atoms with van der Waals surface area (Å²) in [5, 5.41) is 17.7. The van der Waals surface area contributed by atoms with Crippen molar-refractivity contribution in [1.82, 2.24) is 4.57 Å². The lowest BCUT2D eigenvalue weighted by Crippen LogP contribution is -2.17. The van der Waals surface area contributed by atoms with Gasteiger partial charge in [0.1, 0.15) is 11.7 Å². The van der Waals surface area contributed by atoms with Crippen molar-refractivity contribution in [1.29, 1.82) is 5.26 Å². The molecule has 1 unspecified atom stereocenters. The fourth-order valence-electron chi connectivity index (χ4n) is 7.76. The molecule has 2 heterocycles. The highest BCUT2D eigenvalue weighted by Gasteiger charge is 2.31. The van der Waals surface area contributed by atoms with E-state index in [-0.39, 0.29) is 5.92 Å². The Morgan fingerprint density at radius 3 is 2.14 bits per heavy atom. The molecule has 1 N–H and O–H groups in total. The minimum Gasteiger partial charge on any atom is -0.454 e. The van der Waals surface area contributed by atoms with Crippen LogP contribution >= 0.6 is 0 Å². The number of nitriles is 1. The largest absolute Gasteiger partial charge is 0.454 e. The molecule has 0 saturated heterocycles. The summed E-state index contributed by atoms with van der Waals surface area (Å²) in [6, 6.07) is 51.1. The molecule has 234 valence electrons. The molecule has 0 aliphatic heterocycles. The molecule has 2 aromatic heterocycles. The molecule has 1 atom stereocenters. The fraction of sp³-hybridized carbons (Fsp3) is 0.0889. The van der Waals surface area contributed by atoms with E-state index < -0.39 is 0 Å². The van der Waals surface area contributed by atoms with Crippen LogP contribution < -0.4 is 5.32 Å². The van der Waals surface area contributed by atoms with Gasteiger partial charge in [-0.05, 0) is 89.6 Å². The van der Waals surface area contributed by atoms with Crippen LogP contribution in [0.3, 0.4) is 0 Å². The number of para-hydroxylation sites is 3. The van der Waals surface area contributed by atoms with Gasteiger partial charge in [-0.2, -0.15) is 5.26 Å². The van der Waals surface area contributed by atoms with Gasteiger partial charge >= 0.3 is 0 Å². The Morgan fingerprint density at radius 1 is 0.714 bits per heavy atom. The van der Waals surface area contributed by atoms with Crippen LogP contribution in [-0.4, -0.2) is 4.57 Å². The zero-order valence-electron chi connectivity index (χ0n) is 27.4. The lowest BCUT2D eigenvalue weighted by Gasteiger charge is -2.28. The minimum atomic E-state index is 0.230. The van der Waals surface area contributed by atoms with Gasteiger partial charge in [0.2, 0.25) is 0 Å². The summed E-state index contributed by atoms with van der Waals surface area (Å²) in [5.74, 6) is 1.08. The molecule has 1 aliphatic rings. The average Bonchev–Trinajstić information content (AvgIpc) is 3.68. The maximum Gasteiger partial charge on any atom is 0.155 e. The zero-order valence-corrected chi connectivity index (χ0v) is 27.4. The Bertz CT molecular complexity index is 2610. The highest BCUT2D eigenvalue weighted by atomic mass is 16.3. The average molecular weight is 632 g/mol. The number of allylic oxidation sites excluding steroid dienone is 1. The number of nitrogens with zero attached hydrogens (tertiary/aromatic N) is 2. The Morgan fingerprint density at radius 2 is 1.39 bits per heavy atom. The van der Waals surface area contributed by atoms with E-state index in [0.29, 0.717) is 5.56 Å². The monoisotopic (exact) mass is 631 g/mol. The molecular formula is C45H33N3O. The summed E-state index contributed by atoms with van der Waals surface area (Å²) in [4.78, 5) is 0. The van der Waals surface area contributed by atoms with Crippen molar-refractivity contribution in [3.63, 3.8) is 0 Å². The molecule has 9 rings (SSSR count). The van der Waals surface area contributed by atoms with E-state index in [1.165, 1.54) is 44.1 Å². The molecular weight excluding hydrogens is 599 g/mol. The quantitative estimate of drug-likeness (QED) is 0.206. The van der Waals surface area contributed by atoms with E-state index in [9.17, 15) is 5.26 Å². The van der Waals surface area contributed by atoms with Crippen LogP contribution in [0.4, 0.5) is 5.69 Å². The molecule has 0 fully saturated rings. The van der Waals surface area contributed by atoms with E-state index in [4.69, 9.17) is 4.42 Å². The number of nitrogens with one attached hydrogen (secondary N) is 1. The van der Waals surface area contributed by atoms with Crippen molar-refractivity contribution in [3.05, 3.63) is 168 Å². The van der Waals surface area contributed by atoms with Crippen LogP contribution in [0, 0.1) is 24.2 Å². The number of hydrogen-bond acceptors (Lipinski definition) is 3. The van der Waals surface area contributed by atoms with Crippen LogP contribution in [0.2, 0.25) is 0 Å². The highest BCUT2D eigenvalue weighted by molar-refractivity contribution is 6.09. The van der Waals surface area contributed by atoms with Gasteiger partial charge in [0.05, 0.1) is 28.0 Å². The first-order valence-electron chi connectivity index (χ1n) is 16.8. The number of aromatic nitrogens is 1. The number of fused-ring (bicyclic) bond motifs is 6. The molecule has 0 spiro atoms. The van der Waals surface area contributed by atoms with Gasteiger partial charge in [-0.15, -0.1) is 0 Å². The Balaban J connectivity index is 1.20. The molecule has 8 aromatic rings. The molecule has 0 amide bonds. The van der Waals surface area contributed by atoms with Crippen LogP contribution in [0.5, 0.6) is 0 Å². The first-order valence-corrected chi connectivity index (χ1v) is 16.8. The van der Waals surface area contributed by atoms with Crippen molar-refractivity contribution in [2.75, 3.05) is 5.32 Å². The predicted octanol–water partition coefficient (Wildman–Crippen LogP) is 11.5. The van der Waals surface area contributed by atoms with Crippen LogP contribution in [0.15, 0.2) is 144 Å². The van der Waals surface area contributed by atoms with Crippen molar-refractivity contribution < 1.29 is 4.42 Å². The van der Waals surface area contributed by atoms with Crippen molar-refractivity contribution in [2.24, 2.45) is 5.92 Å². The summed E-state index contributed by atoms with van der Waals surface area (Å²) >= 11 is 0. The van der Waals surface area contributed by atoms with Gasteiger partial charge in [-0.3, -0.25) is 0 Å². The van der Waals surface area contributed by atoms with Gasteiger partial charge in [0, 0.05) is 27.4 Å². The summed E-state index contributed by atoms with van der Waals surface area (Å²) < 4.78 is 8.96. The fourth-order valence-corrected chi connectivity index (χ4v) is 7.76. The Labute approximate surface area is 285 Å². The van der Waals surface area contributed by atoms with Crippen LogP contribution in [-0.2, 0) is 6.42 Å². The molecule has 4 nitrogen and oxygen atoms in total. The van der Waals surface area contributed by atoms with E-state index in [2.05, 4.69) is 145 Å². The van der Waals surface area contributed by atoms with Gasteiger partial charge in [-0.1, -0.05) is 104 Å². The first kappa shape index (κ1) is 28.9. The second-order valence-corrected chi connectivity index (χ2v) is 13.0. The van der Waals surface area contributed by atoms with Crippen LogP contribution in [0.25, 0.3) is 60.9 Å². The second-order valence-electron chi connectivity index (χ2n) is 13.0. The summed E-state index contributed by atoms with van der Waals surface area (Å²) in [5.41, 5.74) is 13.5. The lowest BCUT2D eigenvalue weighted by molar-refractivity contribution is 0.581. The third kappa shape index (κ3) is 4.66. The molecule has 6 aromatic carbocycles. The number of benzene rings is 6. The standard InChI is InChI=1S/C45H33N3O/c1-28-12-3-4-15-34(28)43-29(2)24-38-37-18-7-10-21-42(37)49-45(38)44(43)47-39-26-31(22-23-32(39)27-46)30-13-11-14-33(25-30)48-40-19-8-5-16-35(40)36-17-6-9-20-41(36)48/h3-23,25-26,29,47H,24H2,1-2H3. The van der Waals surface area contributed by atoms with Crippen molar-refractivity contribution in [3.8, 4) is 22.9 Å². The van der Waals surface area contributed by atoms with Gasteiger partial charge in [0.15, 0.2) is 5.76 Å². The van der Waals surface area contributed by atoms with Gasteiger partial charge < -0.3 is 14.3 Å². The molecule has 1 aliphatic carbocycles. The number of hydrogen-bond donors (Lipinski definition) is 1. The van der Waals surface area contributed by atoms with Crippen molar-refractivity contribution >= 4 is 49.7 Å². The van der Waals surface area contributed by atoms with E-state index in [1.807, 2.05) is 24.3 Å². The number of anilines is 1. The molecule has 0 bridgehead atoms. The first-order chi connectivity index (χ1) is 24.1. The smallest absolute Gasteiger partial charge is 0.155 e. The van der Waals surface area contributed by atoms with E-state index >= 15 is 0 Å². The third-order valence-electron chi connectivity index (χ3n) is 10.1. The third-order valence-corrected chi connectivity index (χ3v) is 10.1. The number of rotatable bonds is 5. The SMILES string of the molecule is Cc1ccccc1C1=C(Nc2cc(-c3cccc(-n4c5ccccc5c5ccccc54)c3)ccc2C#N)c2oc3ccccc3c2CC1C. The molecule has 0 radical (unpaired) electrons. The highest BCUT2D eigenvalue weighted by Crippen LogP contribution is 2.46. The summed E-state index contributed by atoms with van der Waals surface area (Å²) in [6.07, 6.45) is 0.877. The number of aryl methyl sites for hydroxylation is 1. The van der Waals surface area contributed by atoms with Gasteiger partial charge in [-0.25, -0.2) is 0 Å². The molecule has 49 heavy (non-hydrogen) atoms. The predicted molar refractivity (Wildman–Crippen MR) is 202 cm³/mol. The summed E-state index contributed by atoms with van der Waals surface area (Å²) in [6.45, 7) is 4.45. The Hall–Kier alpha value is -6.31. The molecule has 4 heteroatoms. The van der Waals surface area contributed by atoms with Crippen molar-refractivity contribution in [2.45, 2.75) is 20.3 Å². The normalized spacial score (nSPS) is 14.3. The minimum absolute atomic E-state index is 0.230. The topological polar surface area (TPSA) is 53.9 Å². The maximum absolute atomic E-state index is 10.3. The lowest BCUT2D eigenvalue weighted by atomic mass is 9.80. The van der Waals surface area contributed by atoms with E-state index in [0.717, 1.165) is 51.3 Å². The van der Waals surface area contributed by atoms with Gasteiger partial charge in [0.25, 0.3) is 0 Å².